The van der Waals surface area contributed by atoms with Crippen LogP contribution in [0.15, 0.2) is 46.2 Å². The highest BCUT2D eigenvalue weighted by Crippen LogP contribution is 2.10. The minimum absolute atomic E-state index is 0.477. The van der Waals surface area contributed by atoms with Crippen molar-refractivity contribution in [3.05, 3.63) is 68.0 Å². The standard InChI is InChI=1S/C12H11ClN2O2/c13-10-3-1-9(2-4-10)5-7-15-8-6-14-11(16)12(15)17/h1-4,6,8H,5,7H2,(H,14,16). The maximum atomic E-state index is 11.4. The van der Waals surface area contributed by atoms with Crippen LogP contribution in [0.3, 0.4) is 0 Å². The first-order chi connectivity index (χ1) is 8.16. The van der Waals surface area contributed by atoms with Crippen molar-refractivity contribution < 1.29 is 0 Å². The average molecular weight is 251 g/mol. The summed E-state index contributed by atoms with van der Waals surface area (Å²) in [5, 5.41) is 0.682. The van der Waals surface area contributed by atoms with Crippen molar-refractivity contribution in [2.45, 2.75) is 13.0 Å². The van der Waals surface area contributed by atoms with Crippen LogP contribution in [-0.4, -0.2) is 9.55 Å². The zero-order valence-corrected chi connectivity index (χ0v) is 9.78. The Balaban J connectivity index is 2.13. The van der Waals surface area contributed by atoms with E-state index in [0.717, 1.165) is 5.56 Å². The summed E-state index contributed by atoms with van der Waals surface area (Å²) >= 11 is 5.77. The van der Waals surface area contributed by atoms with Gasteiger partial charge in [-0.1, -0.05) is 23.7 Å². The van der Waals surface area contributed by atoms with Gasteiger partial charge in [0.15, 0.2) is 0 Å². The molecule has 1 heterocycles. The number of hydrogen-bond donors (Lipinski definition) is 1. The van der Waals surface area contributed by atoms with Gasteiger partial charge in [0.05, 0.1) is 0 Å². The largest absolute Gasteiger partial charge is 0.323 e. The Bertz CT molecular complexity index is 613. The van der Waals surface area contributed by atoms with E-state index in [2.05, 4.69) is 4.98 Å². The number of H-pyrrole nitrogens is 1. The number of halogens is 1. The Labute approximate surface area is 102 Å². The molecule has 1 aromatic heterocycles. The fourth-order valence-corrected chi connectivity index (χ4v) is 1.67. The monoisotopic (exact) mass is 250 g/mol. The molecule has 0 bridgehead atoms. The number of rotatable bonds is 3. The van der Waals surface area contributed by atoms with Crippen LogP contribution in [0.4, 0.5) is 0 Å². The van der Waals surface area contributed by atoms with Gasteiger partial charge in [-0.25, -0.2) is 0 Å². The van der Waals surface area contributed by atoms with E-state index in [1.165, 1.54) is 10.8 Å². The predicted octanol–water partition coefficient (Wildman–Crippen LogP) is 1.43. The molecule has 0 atom stereocenters. The first-order valence-corrected chi connectivity index (χ1v) is 5.57. The Hall–Kier alpha value is -1.81. The van der Waals surface area contributed by atoms with Gasteiger partial charge >= 0.3 is 11.1 Å². The van der Waals surface area contributed by atoms with Crippen molar-refractivity contribution in [1.82, 2.24) is 9.55 Å². The van der Waals surface area contributed by atoms with Crippen LogP contribution in [0.5, 0.6) is 0 Å². The number of nitrogens with zero attached hydrogens (tertiary/aromatic N) is 1. The molecule has 0 spiro atoms. The summed E-state index contributed by atoms with van der Waals surface area (Å²) in [4.78, 5) is 24.9. The van der Waals surface area contributed by atoms with E-state index >= 15 is 0 Å². The molecule has 0 aliphatic rings. The Kier molecular flexibility index (Phi) is 3.44. The summed E-state index contributed by atoms with van der Waals surface area (Å²) < 4.78 is 1.40. The minimum atomic E-state index is -0.594. The Morgan fingerprint density at radius 1 is 1.18 bits per heavy atom. The molecule has 0 amide bonds. The van der Waals surface area contributed by atoms with Crippen LogP contribution >= 0.6 is 11.6 Å². The van der Waals surface area contributed by atoms with Crippen molar-refractivity contribution in [2.24, 2.45) is 0 Å². The van der Waals surface area contributed by atoms with E-state index in [9.17, 15) is 9.59 Å². The molecule has 0 saturated heterocycles. The van der Waals surface area contributed by atoms with Crippen LogP contribution in [0.25, 0.3) is 0 Å². The average Bonchev–Trinajstić information content (AvgIpc) is 2.33. The van der Waals surface area contributed by atoms with Crippen molar-refractivity contribution in [1.29, 1.82) is 0 Å². The van der Waals surface area contributed by atoms with E-state index < -0.39 is 11.1 Å². The molecule has 2 aromatic rings. The maximum Gasteiger partial charge on any atom is 0.316 e. The number of aryl methyl sites for hydroxylation is 2. The SMILES string of the molecule is O=c1[nH]ccn(CCc2ccc(Cl)cc2)c1=O. The highest BCUT2D eigenvalue weighted by atomic mass is 35.5. The Morgan fingerprint density at radius 3 is 2.59 bits per heavy atom. The lowest BCUT2D eigenvalue weighted by Crippen LogP contribution is -2.35. The third-order valence-electron chi connectivity index (χ3n) is 2.48. The van der Waals surface area contributed by atoms with Gasteiger partial charge in [-0.3, -0.25) is 9.59 Å². The number of benzene rings is 1. The van der Waals surface area contributed by atoms with Crippen LogP contribution in [0.2, 0.25) is 5.02 Å². The van der Waals surface area contributed by atoms with E-state index in [1.807, 2.05) is 12.1 Å². The molecule has 0 saturated carbocycles. The predicted molar refractivity (Wildman–Crippen MR) is 66.5 cm³/mol. The van der Waals surface area contributed by atoms with Crippen molar-refractivity contribution in [2.75, 3.05) is 0 Å². The molecule has 1 aromatic carbocycles. The number of aromatic nitrogens is 2. The van der Waals surface area contributed by atoms with Gasteiger partial charge < -0.3 is 9.55 Å². The molecule has 0 fully saturated rings. The van der Waals surface area contributed by atoms with Gasteiger partial charge in [0.2, 0.25) is 0 Å². The van der Waals surface area contributed by atoms with Crippen molar-refractivity contribution in [3.63, 3.8) is 0 Å². The molecule has 0 radical (unpaired) electrons. The van der Waals surface area contributed by atoms with Crippen LogP contribution < -0.4 is 11.1 Å². The number of hydrogen-bond acceptors (Lipinski definition) is 2. The molecular weight excluding hydrogens is 240 g/mol. The zero-order valence-electron chi connectivity index (χ0n) is 9.02. The highest BCUT2D eigenvalue weighted by molar-refractivity contribution is 6.30. The zero-order chi connectivity index (χ0) is 12.3. The van der Waals surface area contributed by atoms with Crippen LogP contribution in [0, 0.1) is 0 Å². The first kappa shape index (κ1) is 11.7. The Morgan fingerprint density at radius 2 is 1.88 bits per heavy atom. The number of aromatic amines is 1. The molecule has 0 aliphatic heterocycles. The van der Waals surface area contributed by atoms with Gasteiger partial charge in [-0.05, 0) is 24.1 Å². The second kappa shape index (κ2) is 5.01. The van der Waals surface area contributed by atoms with Crippen molar-refractivity contribution >= 4 is 11.6 Å². The van der Waals surface area contributed by atoms with Crippen LogP contribution in [0.1, 0.15) is 5.56 Å². The van der Waals surface area contributed by atoms with Gasteiger partial charge in [-0.2, -0.15) is 0 Å². The smallest absolute Gasteiger partial charge is 0.316 e. The van der Waals surface area contributed by atoms with E-state index in [4.69, 9.17) is 11.6 Å². The molecule has 0 unspecified atom stereocenters. The second-order valence-electron chi connectivity index (χ2n) is 3.66. The van der Waals surface area contributed by atoms with Gasteiger partial charge in [0, 0.05) is 24.0 Å². The second-order valence-corrected chi connectivity index (χ2v) is 4.10. The third-order valence-corrected chi connectivity index (χ3v) is 2.73. The maximum absolute atomic E-state index is 11.4. The van der Waals surface area contributed by atoms with Gasteiger partial charge in [0.1, 0.15) is 0 Å². The summed E-state index contributed by atoms with van der Waals surface area (Å²) in [6.07, 6.45) is 3.71. The fraction of sp³-hybridized carbons (Fsp3) is 0.167. The lowest BCUT2D eigenvalue weighted by Gasteiger charge is -2.04. The summed E-state index contributed by atoms with van der Waals surface area (Å²) in [5.74, 6) is 0. The van der Waals surface area contributed by atoms with E-state index in [1.54, 1.807) is 18.3 Å². The topological polar surface area (TPSA) is 54.9 Å². The summed E-state index contributed by atoms with van der Waals surface area (Å²) in [6.45, 7) is 0.477. The fourth-order valence-electron chi connectivity index (χ4n) is 1.54. The summed E-state index contributed by atoms with van der Waals surface area (Å²) in [5.41, 5.74) is -0.0494. The first-order valence-electron chi connectivity index (χ1n) is 5.19. The molecule has 0 aliphatic carbocycles. The molecule has 2 rings (SSSR count). The van der Waals surface area contributed by atoms with E-state index in [-0.39, 0.29) is 0 Å². The van der Waals surface area contributed by atoms with Gasteiger partial charge in [0.25, 0.3) is 0 Å². The number of nitrogens with one attached hydrogen (secondary N) is 1. The minimum Gasteiger partial charge on any atom is -0.323 e. The molecule has 1 N–H and O–H groups in total. The summed E-state index contributed by atoms with van der Waals surface area (Å²) in [7, 11) is 0. The molecule has 5 heteroatoms. The molecule has 88 valence electrons. The molecular formula is C12H11ClN2O2. The van der Waals surface area contributed by atoms with Crippen molar-refractivity contribution in [3.8, 4) is 0 Å². The quantitative estimate of drug-likeness (QED) is 0.838. The highest BCUT2D eigenvalue weighted by Gasteiger charge is 2.00. The normalized spacial score (nSPS) is 10.4. The molecule has 4 nitrogen and oxygen atoms in total. The van der Waals surface area contributed by atoms with Crippen LogP contribution in [-0.2, 0) is 13.0 Å². The van der Waals surface area contributed by atoms with E-state index in [0.29, 0.717) is 18.0 Å². The lowest BCUT2D eigenvalue weighted by molar-refractivity contribution is 0.656. The lowest BCUT2D eigenvalue weighted by atomic mass is 10.1. The third kappa shape index (κ3) is 2.85. The summed E-state index contributed by atoms with van der Waals surface area (Å²) in [6, 6.07) is 7.41. The molecule has 17 heavy (non-hydrogen) atoms. The van der Waals surface area contributed by atoms with Gasteiger partial charge in [-0.15, -0.1) is 0 Å².